The first-order valence-electron chi connectivity index (χ1n) is 7.15. The summed E-state index contributed by atoms with van der Waals surface area (Å²) in [6.07, 6.45) is 2.92. The molecule has 0 saturated carbocycles. The minimum atomic E-state index is -0.222. The summed E-state index contributed by atoms with van der Waals surface area (Å²) in [5.41, 5.74) is 1.16. The molecule has 6 heteroatoms. The Morgan fingerprint density at radius 3 is 2.08 bits per heavy atom. The largest absolute Gasteiger partial charge is 0.508 e. The fourth-order valence-corrected chi connectivity index (χ4v) is 2.09. The Hall–Kier alpha value is -3.15. The minimum Gasteiger partial charge on any atom is -0.508 e. The molecular weight excluding hydrogens is 310 g/mol. The molecule has 6 nitrogen and oxygen atoms in total. The summed E-state index contributed by atoms with van der Waals surface area (Å²) in [6.45, 7) is 0. The molecule has 0 unspecified atom stereocenters. The van der Waals surface area contributed by atoms with E-state index >= 15 is 0 Å². The molecule has 0 aliphatic heterocycles. The first-order chi connectivity index (χ1) is 11.6. The number of hydrogen-bond acceptors (Lipinski definition) is 6. The molecule has 0 spiro atoms. The highest BCUT2D eigenvalue weighted by atomic mass is 16.5. The molecule has 126 valence electrons. The van der Waals surface area contributed by atoms with Gasteiger partial charge in [-0.2, -0.15) is 0 Å². The van der Waals surface area contributed by atoms with Crippen LogP contribution in [0, 0.1) is 0 Å². The fraction of sp³-hybridized carbons (Fsp3) is 0.167. The number of aromatic hydroxyl groups is 1. The van der Waals surface area contributed by atoms with E-state index in [0.29, 0.717) is 22.8 Å². The molecule has 24 heavy (non-hydrogen) atoms. The van der Waals surface area contributed by atoms with Crippen molar-refractivity contribution in [2.24, 2.45) is 0 Å². The van der Waals surface area contributed by atoms with Gasteiger partial charge in [0.1, 0.15) is 5.75 Å². The number of rotatable bonds is 7. The molecule has 2 rings (SSSR count). The van der Waals surface area contributed by atoms with E-state index in [9.17, 15) is 9.90 Å². The Balaban J connectivity index is 2.16. The van der Waals surface area contributed by atoms with Gasteiger partial charge in [0.15, 0.2) is 17.3 Å². The molecule has 0 saturated heterocycles. The smallest absolute Gasteiger partial charge is 0.203 e. The molecule has 2 aromatic carbocycles. The van der Waals surface area contributed by atoms with Crippen molar-refractivity contribution < 1.29 is 24.1 Å². The summed E-state index contributed by atoms with van der Waals surface area (Å²) in [6, 6.07) is 9.69. The molecule has 0 bridgehead atoms. The standard InChI is InChI=1S/C18H19NO5/c1-22-16-10-12(11-17(23-2)18(16)24-3)15(21)8-9-19-13-4-6-14(20)7-5-13/h4-11,19-20H,1-3H3/b9-8-. The topological polar surface area (TPSA) is 77.0 Å². The molecule has 0 aliphatic rings. The van der Waals surface area contributed by atoms with E-state index < -0.39 is 0 Å². The summed E-state index contributed by atoms with van der Waals surface area (Å²) in [5.74, 6) is 1.22. The fourth-order valence-electron chi connectivity index (χ4n) is 2.09. The molecular formula is C18H19NO5. The number of ketones is 1. The third-order valence-corrected chi connectivity index (χ3v) is 3.30. The summed E-state index contributed by atoms with van der Waals surface area (Å²) >= 11 is 0. The van der Waals surface area contributed by atoms with Crippen molar-refractivity contribution in [2.45, 2.75) is 0 Å². The molecule has 0 aliphatic carbocycles. The second-order valence-corrected chi connectivity index (χ2v) is 4.80. The van der Waals surface area contributed by atoms with E-state index in [-0.39, 0.29) is 11.5 Å². The summed E-state index contributed by atoms with van der Waals surface area (Å²) in [5, 5.41) is 12.2. The third kappa shape index (κ3) is 3.98. The monoisotopic (exact) mass is 329 g/mol. The van der Waals surface area contributed by atoms with Crippen LogP contribution in [0.3, 0.4) is 0 Å². The number of nitrogens with one attached hydrogen (secondary N) is 1. The number of anilines is 1. The average molecular weight is 329 g/mol. The summed E-state index contributed by atoms with van der Waals surface area (Å²) in [4.78, 5) is 12.3. The zero-order valence-corrected chi connectivity index (χ0v) is 13.7. The van der Waals surface area contributed by atoms with Gasteiger partial charge in [-0.05, 0) is 36.4 Å². The lowest BCUT2D eigenvalue weighted by Crippen LogP contribution is -2.01. The van der Waals surface area contributed by atoms with E-state index in [2.05, 4.69) is 5.32 Å². The predicted molar refractivity (Wildman–Crippen MR) is 91.3 cm³/mol. The van der Waals surface area contributed by atoms with Crippen molar-refractivity contribution in [3.8, 4) is 23.0 Å². The molecule has 2 N–H and O–H groups in total. The van der Waals surface area contributed by atoms with Gasteiger partial charge in [0.25, 0.3) is 0 Å². The van der Waals surface area contributed by atoms with Gasteiger partial charge in [0, 0.05) is 23.5 Å². The van der Waals surface area contributed by atoms with Crippen LogP contribution >= 0.6 is 0 Å². The van der Waals surface area contributed by atoms with Crippen LogP contribution in [0.4, 0.5) is 5.69 Å². The van der Waals surface area contributed by atoms with Gasteiger partial charge >= 0.3 is 0 Å². The van der Waals surface area contributed by atoms with Gasteiger partial charge in [-0.15, -0.1) is 0 Å². The van der Waals surface area contributed by atoms with E-state index in [4.69, 9.17) is 14.2 Å². The van der Waals surface area contributed by atoms with Gasteiger partial charge in [-0.1, -0.05) is 0 Å². The number of carbonyl (C=O) groups is 1. The van der Waals surface area contributed by atoms with Gasteiger partial charge in [-0.25, -0.2) is 0 Å². The average Bonchev–Trinajstić information content (AvgIpc) is 2.61. The van der Waals surface area contributed by atoms with E-state index in [1.807, 2.05) is 0 Å². The van der Waals surface area contributed by atoms with Gasteiger partial charge in [0.05, 0.1) is 21.3 Å². The van der Waals surface area contributed by atoms with Crippen molar-refractivity contribution >= 4 is 11.5 Å². The molecule has 0 atom stereocenters. The van der Waals surface area contributed by atoms with Crippen LogP contribution in [-0.4, -0.2) is 32.2 Å². The Labute approximate surface area is 140 Å². The lowest BCUT2D eigenvalue weighted by Gasteiger charge is -2.13. The zero-order valence-electron chi connectivity index (χ0n) is 13.7. The van der Waals surface area contributed by atoms with Crippen molar-refractivity contribution in [1.29, 1.82) is 0 Å². The first-order valence-corrected chi connectivity index (χ1v) is 7.15. The minimum absolute atomic E-state index is 0.179. The Bertz CT molecular complexity index is 713. The molecule has 0 fully saturated rings. The summed E-state index contributed by atoms with van der Waals surface area (Å²) < 4.78 is 15.7. The molecule has 0 heterocycles. The highest BCUT2D eigenvalue weighted by Gasteiger charge is 2.15. The quantitative estimate of drug-likeness (QED) is 0.461. The van der Waals surface area contributed by atoms with Crippen molar-refractivity contribution in [2.75, 3.05) is 26.6 Å². The number of allylic oxidation sites excluding steroid dienone is 1. The maximum Gasteiger partial charge on any atom is 0.203 e. The molecule has 0 amide bonds. The maximum absolute atomic E-state index is 12.3. The van der Waals surface area contributed by atoms with Crippen molar-refractivity contribution in [3.63, 3.8) is 0 Å². The SMILES string of the molecule is COc1cc(C(=O)/C=C\Nc2ccc(O)cc2)cc(OC)c1OC. The van der Waals surface area contributed by atoms with Crippen molar-refractivity contribution in [1.82, 2.24) is 0 Å². The van der Waals surface area contributed by atoms with Crippen LogP contribution in [0.5, 0.6) is 23.0 Å². The molecule has 2 aromatic rings. The zero-order chi connectivity index (χ0) is 17.5. The third-order valence-electron chi connectivity index (χ3n) is 3.30. The van der Waals surface area contributed by atoms with Crippen molar-refractivity contribution in [3.05, 3.63) is 54.2 Å². The van der Waals surface area contributed by atoms with Crippen LogP contribution in [0.25, 0.3) is 0 Å². The lowest BCUT2D eigenvalue weighted by molar-refractivity contribution is 0.104. The second kappa shape index (κ2) is 7.92. The number of ether oxygens (including phenoxy) is 3. The Kier molecular flexibility index (Phi) is 5.68. The number of carbonyl (C=O) groups excluding carboxylic acids is 1. The Morgan fingerprint density at radius 2 is 1.58 bits per heavy atom. The van der Waals surface area contributed by atoms with Gasteiger partial charge in [-0.3, -0.25) is 4.79 Å². The normalized spacial score (nSPS) is 10.5. The predicted octanol–water partition coefficient (Wildman–Crippen LogP) is 3.23. The second-order valence-electron chi connectivity index (χ2n) is 4.80. The van der Waals surface area contributed by atoms with Crippen LogP contribution in [0.2, 0.25) is 0 Å². The number of methoxy groups -OCH3 is 3. The summed E-state index contributed by atoms with van der Waals surface area (Å²) in [7, 11) is 4.49. The number of phenols is 1. The van der Waals surface area contributed by atoms with Crippen LogP contribution in [-0.2, 0) is 0 Å². The molecule has 0 aromatic heterocycles. The number of benzene rings is 2. The maximum atomic E-state index is 12.3. The van der Waals surface area contributed by atoms with E-state index in [1.54, 1.807) is 36.4 Å². The first kappa shape index (κ1) is 17.2. The lowest BCUT2D eigenvalue weighted by atomic mass is 10.1. The van der Waals surface area contributed by atoms with Crippen LogP contribution in [0.1, 0.15) is 10.4 Å². The van der Waals surface area contributed by atoms with Gasteiger partial charge < -0.3 is 24.6 Å². The molecule has 0 radical (unpaired) electrons. The highest BCUT2D eigenvalue weighted by molar-refractivity contribution is 6.05. The highest BCUT2D eigenvalue weighted by Crippen LogP contribution is 2.38. The number of hydrogen-bond donors (Lipinski definition) is 2. The van der Waals surface area contributed by atoms with Crippen LogP contribution in [0.15, 0.2) is 48.7 Å². The van der Waals surface area contributed by atoms with E-state index in [1.165, 1.54) is 33.6 Å². The van der Waals surface area contributed by atoms with Gasteiger partial charge in [0.2, 0.25) is 5.75 Å². The number of phenolic OH excluding ortho intramolecular Hbond substituents is 1. The Morgan fingerprint density at radius 1 is 1.00 bits per heavy atom. The van der Waals surface area contributed by atoms with E-state index in [0.717, 1.165) is 5.69 Å². The van der Waals surface area contributed by atoms with Crippen LogP contribution < -0.4 is 19.5 Å².